The Labute approximate surface area is 147 Å². The number of nitrogens with two attached hydrogens (primary N) is 1. The predicted octanol–water partition coefficient (Wildman–Crippen LogP) is 2.76. The van der Waals surface area contributed by atoms with Crippen molar-refractivity contribution in [2.45, 2.75) is 31.8 Å². The second-order valence-electron chi connectivity index (χ2n) is 6.36. The number of carbonyl (C=O) groups excluding carboxylic acids is 2. The Kier molecular flexibility index (Phi) is 5.33. The molecule has 1 aliphatic rings. The average molecular weight is 337 g/mol. The second-order valence-corrected chi connectivity index (χ2v) is 6.36. The van der Waals surface area contributed by atoms with E-state index in [1.807, 2.05) is 42.5 Å². The van der Waals surface area contributed by atoms with Crippen molar-refractivity contribution in [3.8, 4) is 0 Å². The highest BCUT2D eigenvalue weighted by Crippen LogP contribution is 2.30. The predicted molar refractivity (Wildman–Crippen MR) is 96.7 cm³/mol. The maximum absolute atomic E-state index is 12.8. The fourth-order valence-electron chi connectivity index (χ4n) is 3.25. The maximum Gasteiger partial charge on any atom is 0.318 e. The molecule has 0 fully saturated rings. The summed E-state index contributed by atoms with van der Waals surface area (Å²) >= 11 is 0. The van der Waals surface area contributed by atoms with Crippen molar-refractivity contribution >= 4 is 11.9 Å². The highest BCUT2D eigenvalue weighted by atomic mass is 16.2. The molecule has 0 aromatic heterocycles. The Bertz CT molecular complexity index is 746. The van der Waals surface area contributed by atoms with Gasteiger partial charge in [-0.05, 0) is 29.5 Å². The van der Waals surface area contributed by atoms with Gasteiger partial charge in [0.25, 0.3) is 0 Å². The van der Waals surface area contributed by atoms with Crippen LogP contribution in [0.5, 0.6) is 0 Å². The topological polar surface area (TPSA) is 75.4 Å². The van der Waals surface area contributed by atoms with Crippen molar-refractivity contribution in [3.63, 3.8) is 0 Å². The summed E-state index contributed by atoms with van der Waals surface area (Å²) in [5.74, 6) is -0.405. The highest BCUT2D eigenvalue weighted by molar-refractivity contribution is 5.77. The molecule has 2 aromatic carbocycles. The van der Waals surface area contributed by atoms with Gasteiger partial charge in [-0.25, -0.2) is 4.79 Å². The van der Waals surface area contributed by atoms with Gasteiger partial charge in [-0.3, -0.25) is 4.79 Å². The first-order valence-corrected chi connectivity index (χ1v) is 8.59. The van der Waals surface area contributed by atoms with Crippen molar-refractivity contribution in [2.24, 2.45) is 5.73 Å². The van der Waals surface area contributed by atoms with Crippen LogP contribution in [0, 0.1) is 0 Å². The number of primary amides is 1. The number of rotatable bonds is 6. The van der Waals surface area contributed by atoms with Gasteiger partial charge in [0.05, 0.1) is 6.04 Å². The molecule has 3 N–H and O–H groups in total. The number of nitrogens with zero attached hydrogens (tertiary/aromatic N) is 1. The lowest BCUT2D eigenvalue weighted by Gasteiger charge is -2.25. The van der Waals surface area contributed by atoms with Crippen LogP contribution in [0.4, 0.5) is 4.79 Å². The summed E-state index contributed by atoms with van der Waals surface area (Å²) < 4.78 is 0. The molecule has 130 valence electrons. The van der Waals surface area contributed by atoms with Crippen LogP contribution in [0.2, 0.25) is 0 Å². The van der Waals surface area contributed by atoms with Crippen molar-refractivity contribution in [1.82, 2.24) is 10.2 Å². The van der Waals surface area contributed by atoms with E-state index in [1.54, 1.807) is 4.90 Å². The van der Waals surface area contributed by atoms with Gasteiger partial charge in [-0.15, -0.1) is 0 Å². The first-order chi connectivity index (χ1) is 12.1. The number of aryl methyl sites for hydroxylation is 1. The van der Waals surface area contributed by atoms with Crippen LogP contribution >= 0.6 is 0 Å². The van der Waals surface area contributed by atoms with Crippen LogP contribution in [0.3, 0.4) is 0 Å². The van der Waals surface area contributed by atoms with Crippen LogP contribution in [-0.4, -0.2) is 23.4 Å². The van der Waals surface area contributed by atoms with E-state index in [-0.39, 0.29) is 18.5 Å². The molecule has 5 nitrogen and oxygen atoms in total. The number of amides is 3. The molecule has 0 bridgehead atoms. The van der Waals surface area contributed by atoms with E-state index in [4.69, 9.17) is 5.73 Å². The summed E-state index contributed by atoms with van der Waals surface area (Å²) in [4.78, 5) is 25.6. The molecule has 25 heavy (non-hydrogen) atoms. The SMILES string of the molecule is NC(=O)CCN(Cc1ccccc1)C(=O)NC1CCc2ccccc21. The quantitative estimate of drug-likeness (QED) is 0.850. The van der Waals surface area contributed by atoms with Crippen LogP contribution in [0.25, 0.3) is 0 Å². The number of fused-ring (bicyclic) bond motifs is 1. The van der Waals surface area contributed by atoms with Crippen molar-refractivity contribution in [2.75, 3.05) is 6.54 Å². The lowest BCUT2D eigenvalue weighted by atomic mass is 10.1. The van der Waals surface area contributed by atoms with E-state index in [9.17, 15) is 9.59 Å². The van der Waals surface area contributed by atoms with Crippen LogP contribution < -0.4 is 11.1 Å². The molecule has 3 amide bonds. The number of hydrogen-bond acceptors (Lipinski definition) is 2. The fraction of sp³-hybridized carbons (Fsp3) is 0.300. The Hall–Kier alpha value is -2.82. The molecule has 5 heteroatoms. The lowest BCUT2D eigenvalue weighted by Crippen LogP contribution is -2.42. The van der Waals surface area contributed by atoms with Gasteiger partial charge in [-0.1, -0.05) is 54.6 Å². The second kappa shape index (κ2) is 7.83. The smallest absolute Gasteiger partial charge is 0.318 e. The monoisotopic (exact) mass is 337 g/mol. The Balaban J connectivity index is 1.69. The molecule has 0 saturated carbocycles. The largest absolute Gasteiger partial charge is 0.370 e. The van der Waals surface area contributed by atoms with Gasteiger partial charge < -0.3 is 16.0 Å². The molecule has 0 spiro atoms. The molecule has 1 unspecified atom stereocenters. The molecule has 0 aliphatic heterocycles. The summed E-state index contributed by atoms with van der Waals surface area (Å²) in [6, 6.07) is 17.8. The highest BCUT2D eigenvalue weighted by Gasteiger charge is 2.25. The van der Waals surface area contributed by atoms with Gasteiger partial charge in [-0.2, -0.15) is 0 Å². The number of urea groups is 1. The van der Waals surface area contributed by atoms with E-state index in [1.165, 1.54) is 11.1 Å². The van der Waals surface area contributed by atoms with Gasteiger partial charge in [0, 0.05) is 19.5 Å². The molecule has 0 radical (unpaired) electrons. The molecule has 3 rings (SSSR count). The molecule has 1 aliphatic carbocycles. The maximum atomic E-state index is 12.8. The van der Waals surface area contributed by atoms with Crippen molar-refractivity contribution in [1.29, 1.82) is 0 Å². The van der Waals surface area contributed by atoms with Gasteiger partial charge in [0.1, 0.15) is 0 Å². The van der Waals surface area contributed by atoms with Gasteiger partial charge in [0.15, 0.2) is 0 Å². The first kappa shape index (κ1) is 17.0. The Morgan fingerprint density at radius 2 is 1.80 bits per heavy atom. The zero-order chi connectivity index (χ0) is 17.6. The molecular formula is C20H23N3O2. The molecule has 0 saturated heterocycles. The minimum absolute atomic E-state index is 0.0237. The summed E-state index contributed by atoms with van der Waals surface area (Å²) in [6.45, 7) is 0.763. The van der Waals surface area contributed by atoms with Crippen molar-refractivity contribution < 1.29 is 9.59 Å². The van der Waals surface area contributed by atoms with E-state index < -0.39 is 5.91 Å². The summed E-state index contributed by atoms with van der Waals surface area (Å²) in [5.41, 5.74) is 8.76. The van der Waals surface area contributed by atoms with Crippen molar-refractivity contribution in [3.05, 3.63) is 71.3 Å². The number of hydrogen-bond donors (Lipinski definition) is 2. The summed E-state index contributed by atoms with van der Waals surface area (Å²) in [6.07, 6.45) is 2.03. The normalized spacial score (nSPS) is 15.4. The average Bonchev–Trinajstić information content (AvgIpc) is 3.02. The summed E-state index contributed by atoms with van der Waals surface area (Å²) in [7, 11) is 0. The van der Waals surface area contributed by atoms with Crippen LogP contribution in [-0.2, 0) is 17.8 Å². The number of carbonyl (C=O) groups is 2. The molecule has 0 heterocycles. The van der Waals surface area contributed by atoms with E-state index in [2.05, 4.69) is 17.4 Å². The number of nitrogens with one attached hydrogen (secondary N) is 1. The van der Waals surface area contributed by atoms with Crippen LogP contribution in [0.1, 0.15) is 35.6 Å². The van der Waals surface area contributed by atoms with E-state index in [0.717, 1.165) is 18.4 Å². The first-order valence-electron chi connectivity index (χ1n) is 8.59. The van der Waals surface area contributed by atoms with Crippen LogP contribution in [0.15, 0.2) is 54.6 Å². The van der Waals surface area contributed by atoms with Gasteiger partial charge >= 0.3 is 6.03 Å². The standard InChI is InChI=1S/C20H23N3O2/c21-19(24)12-13-23(14-15-6-2-1-3-7-15)20(25)22-18-11-10-16-8-4-5-9-17(16)18/h1-9,18H,10-14H2,(H2,21,24)(H,22,25). The zero-order valence-corrected chi connectivity index (χ0v) is 14.2. The third-order valence-corrected chi connectivity index (χ3v) is 4.56. The molecular weight excluding hydrogens is 314 g/mol. The van der Waals surface area contributed by atoms with E-state index >= 15 is 0 Å². The molecule has 1 atom stereocenters. The Morgan fingerprint density at radius 3 is 2.56 bits per heavy atom. The molecule has 2 aromatic rings. The van der Waals surface area contributed by atoms with Gasteiger partial charge in [0.2, 0.25) is 5.91 Å². The third kappa shape index (κ3) is 4.38. The Morgan fingerprint density at radius 1 is 1.08 bits per heavy atom. The minimum atomic E-state index is -0.405. The van der Waals surface area contributed by atoms with E-state index in [0.29, 0.717) is 13.1 Å². The fourth-order valence-corrected chi connectivity index (χ4v) is 3.25. The minimum Gasteiger partial charge on any atom is -0.370 e. The third-order valence-electron chi connectivity index (χ3n) is 4.56. The summed E-state index contributed by atoms with van der Waals surface area (Å²) in [5, 5.41) is 3.11. The zero-order valence-electron chi connectivity index (χ0n) is 14.2. The lowest BCUT2D eigenvalue weighted by molar-refractivity contribution is -0.118. The number of benzene rings is 2.